The van der Waals surface area contributed by atoms with Crippen molar-refractivity contribution in [3.05, 3.63) is 35.4 Å². The van der Waals surface area contributed by atoms with E-state index in [0.717, 1.165) is 31.4 Å². The first kappa shape index (κ1) is 12.2. The smallest absolute Gasteiger partial charge is 0.165 e. The van der Waals surface area contributed by atoms with Gasteiger partial charge in [0, 0.05) is 19.1 Å². The molecule has 1 fully saturated rings. The van der Waals surface area contributed by atoms with Crippen LogP contribution in [0.25, 0.3) is 0 Å². The average Bonchev–Trinajstić information content (AvgIpc) is 2.27. The van der Waals surface area contributed by atoms with E-state index in [2.05, 4.69) is 0 Å². The summed E-state index contributed by atoms with van der Waals surface area (Å²) in [5.74, 6) is -2.13. The molecule has 92 valence electrons. The SMILES string of the molecule is COC1(CC(=O)c2ccc(F)c(F)c2)CCC1. The van der Waals surface area contributed by atoms with E-state index >= 15 is 0 Å². The highest BCUT2D eigenvalue weighted by Gasteiger charge is 2.39. The number of carbonyl (C=O) groups excluding carboxylic acids is 1. The Morgan fingerprint density at radius 3 is 2.53 bits per heavy atom. The van der Waals surface area contributed by atoms with Gasteiger partial charge >= 0.3 is 0 Å². The van der Waals surface area contributed by atoms with Gasteiger partial charge in [0.15, 0.2) is 17.4 Å². The Morgan fingerprint density at radius 2 is 2.06 bits per heavy atom. The lowest BCUT2D eigenvalue weighted by atomic mass is 9.76. The van der Waals surface area contributed by atoms with Crippen LogP contribution in [0.2, 0.25) is 0 Å². The Balaban J connectivity index is 2.11. The van der Waals surface area contributed by atoms with Crippen molar-refractivity contribution in [3.8, 4) is 0 Å². The first-order valence-corrected chi connectivity index (χ1v) is 5.60. The second-order valence-corrected chi connectivity index (χ2v) is 4.47. The quantitative estimate of drug-likeness (QED) is 0.756. The molecule has 2 rings (SSSR count). The number of hydrogen-bond donors (Lipinski definition) is 0. The Labute approximate surface area is 98.6 Å². The molecule has 1 aliphatic rings. The van der Waals surface area contributed by atoms with Crippen molar-refractivity contribution in [3.63, 3.8) is 0 Å². The summed E-state index contributed by atoms with van der Waals surface area (Å²) in [4.78, 5) is 11.9. The molecular weight excluding hydrogens is 226 g/mol. The van der Waals surface area contributed by atoms with Crippen LogP contribution in [0.4, 0.5) is 8.78 Å². The van der Waals surface area contributed by atoms with E-state index < -0.39 is 11.6 Å². The van der Waals surface area contributed by atoms with Gasteiger partial charge in [-0.15, -0.1) is 0 Å². The zero-order chi connectivity index (χ0) is 12.5. The lowest BCUT2D eigenvalue weighted by molar-refractivity contribution is -0.0704. The van der Waals surface area contributed by atoms with Crippen molar-refractivity contribution >= 4 is 5.78 Å². The first-order chi connectivity index (χ1) is 8.06. The number of hydrogen-bond acceptors (Lipinski definition) is 2. The summed E-state index contributed by atoms with van der Waals surface area (Å²) in [7, 11) is 1.58. The van der Waals surface area contributed by atoms with Crippen LogP contribution in [0.15, 0.2) is 18.2 Å². The Bertz CT molecular complexity index is 434. The van der Waals surface area contributed by atoms with Crippen LogP contribution >= 0.6 is 0 Å². The van der Waals surface area contributed by atoms with Crippen LogP contribution in [0.1, 0.15) is 36.0 Å². The van der Waals surface area contributed by atoms with Gasteiger partial charge < -0.3 is 4.74 Å². The van der Waals surface area contributed by atoms with Crippen molar-refractivity contribution in [2.24, 2.45) is 0 Å². The summed E-state index contributed by atoms with van der Waals surface area (Å²) in [5.41, 5.74) is -0.186. The summed E-state index contributed by atoms with van der Waals surface area (Å²) in [6.45, 7) is 0. The summed E-state index contributed by atoms with van der Waals surface area (Å²) in [5, 5.41) is 0. The van der Waals surface area contributed by atoms with Crippen LogP contribution in [-0.2, 0) is 4.74 Å². The lowest BCUT2D eigenvalue weighted by Gasteiger charge is -2.40. The highest BCUT2D eigenvalue weighted by Crippen LogP contribution is 2.38. The van der Waals surface area contributed by atoms with Crippen molar-refractivity contribution in [2.75, 3.05) is 7.11 Å². The molecule has 0 spiro atoms. The Morgan fingerprint density at radius 1 is 1.35 bits per heavy atom. The summed E-state index contributed by atoms with van der Waals surface area (Å²) < 4.78 is 31.1. The molecule has 17 heavy (non-hydrogen) atoms. The molecule has 0 bridgehead atoms. The summed E-state index contributed by atoms with van der Waals surface area (Å²) in [6, 6.07) is 3.23. The van der Waals surface area contributed by atoms with Crippen LogP contribution in [-0.4, -0.2) is 18.5 Å². The third-order valence-corrected chi connectivity index (χ3v) is 3.42. The minimum atomic E-state index is -0.990. The predicted molar refractivity (Wildman–Crippen MR) is 58.9 cm³/mol. The number of methoxy groups -OCH3 is 1. The molecule has 1 saturated carbocycles. The highest BCUT2D eigenvalue weighted by molar-refractivity contribution is 5.96. The number of ether oxygens (including phenoxy) is 1. The van der Waals surface area contributed by atoms with Crippen LogP contribution in [0.5, 0.6) is 0 Å². The zero-order valence-corrected chi connectivity index (χ0v) is 9.63. The van der Waals surface area contributed by atoms with Gasteiger partial charge in [-0.25, -0.2) is 8.78 Å². The van der Waals surface area contributed by atoms with Gasteiger partial charge in [-0.3, -0.25) is 4.79 Å². The van der Waals surface area contributed by atoms with Gasteiger partial charge in [-0.2, -0.15) is 0 Å². The molecule has 0 unspecified atom stereocenters. The van der Waals surface area contributed by atoms with E-state index in [4.69, 9.17) is 4.74 Å². The van der Waals surface area contributed by atoms with Gasteiger partial charge in [0.05, 0.1) is 5.60 Å². The van der Waals surface area contributed by atoms with E-state index in [1.807, 2.05) is 0 Å². The highest BCUT2D eigenvalue weighted by atomic mass is 19.2. The average molecular weight is 240 g/mol. The maximum Gasteiger partial charge on any atom is 0.165 e. The molecule has 2 nitrogen and oxygen atoms in total. The molecule has 0 aromatic heterocycles. The zero-order valence-electron chi connectivity index (χ0n) is 9.63. The Kier molecular flexibility index (Phi) is 3.24. The molecule has 0 N–H and O–H groups in total. The lowest BCUT2D eigenvalue weighted by Crippen LogP contribution is -2.41. The minimum Gasteiger partial charge on any atom is -0.378 e. The van der Waals surface area contributed by atoms with E-state index in [1.54, 1.807) is 7.11 Å². The molecule has 0 saturated heterocycles. The molecular formula is C13H14F2O2. The van der Waals surface area contributed by atoms with Crippen LogP contribution in [0, 0.1) is 11.6 Å². The molecule has 4 heteroatoms. The molecule has 0 aliphatic heterocycles. The van der Waals surface area contributed by atoms with Crippen molar-refractivity contribution in [2.45, 2.75) is 31.3 Å². The van der Waals surface area contributed by atoms with Gasteiger partial charge in [0.2, 0.25) is 0 Å². The monoisotopic (exact) mass is 240 g/mol. The largest absolute Gasteiger partial charge is 0.378 e. The topological polar surface area (TPSA) is 26.3 Å². The number of rotatable bonds is 4. The van der Waals surface area contributed by atoms with Gasteiger partial charge in [0.1, 0.15) is 0 Å². The minimum absolute atomic E-state index is 0.201. The third-order valence-electron chi connectivity index (χ3n) is 3.42. The second-order valence-electron chi connectivity index (χ2n) is 4.47. The fourth-order valence-corrected chi connectivity index (χ4v) is 2.09. The molecule has 0 heterocycles. The van der Waals surface area contributed by atoms with E-state index in [0.29, 0.717) is 0 Å². The number of halogens is 2. The molecule has 1 aromatic rings. The number of carbonyl (C=O) groups is 1. The standard InChI is InChI=1S/C13H14F2O2/c1-17-13(5-2-6-13)8-12(16)9-3-4-10(14)11(15)7-9/h3-4,7H,2,5-6,8H2,1H3. The van der Waals surface area contributed by atoms with Crippen molar-refractivity contribution < 1.29 is 18.3 Å². The van der Waals surface area contributed by atoms with Gasteiger partial charge in [0.25, 0.3) is 0 Å². The first-order valence-electron chi connectivity index (χ1n) is 5.60. The van der Waals surface area contributed by atoms with E-state index in [9.17, 15) is 13.6 Å². The molecule has 1 aromatic carbocycles. The number of ketones is 1. The second kappa shape index (κ2) is 4.53. The Hall–Kier alpha value is -1.29. The maximum absolute atomic E-state index is 13.0. The van der Waals surface area contributed by atoms with Crippen molar-refractivity contribution in [1.82, 2.24) is 0 Å². The predicted octanol–water partition coefficient (Wildman–Crippen LogP) is 3.11. The molecule has 0 amide bonds. The van der Waals surface area contributed by atoms with E-state index in [-0.39, 0.29) is 23.4 Å². The fourth-order valence-electron chi connectivity index (χ4n) is 2.09. The molecule has 0 radical (unpaired) electrons. The number of Topliss-reactive ketones (excluding diaryl/α,β-unsaturated/α-hetero) is 1. The third kappa shape index (κ3) is 2.36. The van der Waals surface area contributed by atoms with Gasteiger partial charge in [-0.1, -0.05) is 0 Å². The summed E-state index contributed by atoms with van der Waals surface area (Å²) in [6.07, 6.45) is 2.96. The van der Waals surface area contributed by atoms with Crippen LogP contribution < -0.4 is 0 Å². The molecule has 1 aliphatic carbocycles. The fraction of sp³-hybridized carbons (Fsp3) is 0.462. The number of benzene rings is 1. The maximum atomic E-state index is 13.0. The summed E-state index contributed by atoms with van der Waals surface area (Å²) >= 11 is 0. The van der Waals surface area contributed by atoms with Crippen molar-refractivity contribution in [1.29, 1.82) is 0 Å². The normalized spacial score (nSPS) is 17.6. The molecule has 0 atom stereocenters. The van der Waals surface area contributed by atoms with Gasteiger partial charge in [-0.05, 0) is 37.5 Å². The van der Waals surface area contributed by atoms with Crippen LogP contribution in [0.3, 0.4) is 0 Å². The van der Waals surface area contributed by atoms with E-state index in [1.165, 1.54) is 6.07 Å².